The Balaban J connectivity index is 1.10. The van der Waals surface area contributed by atoms with E-state index < -0.39 is 5.25 Å². The number of aromatic nitrogens is 1. The van der Waals surface area contributed by atoms with E-state index in [2.05, 4.69) is 36.2 Å². The predicted molar refractivity (Wildman–Crippen MR) is 173 cm³/mol. The maximum absolute atomic E-state index is 13.9. The van der Waals surface area contributed by atoms with Gasteiger partial charge in [0.15, 0.2) is 0 Å². The van der Waals surface area contributed by atoms with Crippen LogP contribution in [-0.4, -0.2) is 101 Å². The highest BCUT2D eigenvalue weighted by atomic mass is 32.2. The molecule has 0 saturated carbocycles. The van der Waals surface area contributed by atoms with Gasteiger partial charge >= 0.3 is 6.03 Å². The fraction of sp³-hybridized carbons (Fsp3) is 0.576. The SMILES string of the molecule is CC(C)CCN1C(=O)C(CC(=O)N2CCC(N3CCc4ccccc4NC3=O)CC2)SC1c1cccnc1N1CCOCC1. The standard InChI is InChI=1S/C33H44N6O4S/c1-23(2)9-16-39-31(41)28(44-32(39)26-7-5-13-34-30(26)37-18-20-43-21-19-37)22-29(40)36-14-11-25(12-15-36)38-17-10-24-6-3-4-8-27(24)35-33(38)42/h3-8,13,23,25,28,32H,9-12,14-22H2,1-2H3,(H,35,42). The van der Waals surface area contributed by atoms with Gasteiger partial charge in [-0.3, -0.25) is 9.59 Å². The molecule has 3 saturated heterocycles. The summed E-state index contributed by atoms with van der Waals surface area (Å²) in [5.41, 5.74) is 3.07. The van der Waals surface area contributed by atoms with Crippen molar-refractivity contribution in [3.05, 3.63) is 53.7 Å². The number of carbonyl (C=O) groups excluding carboxylic acids is 3. The highest BCUT2D eigenvalue weighted by Crippen LogP contribution is 2.47. The lowest BCUT2D eigenvalue weighted by Gasteiger charge is -2.38. The number of anilines is 2. The van der Waals surface area contributed by atoms with E-state index in [0.717, 1.165) is 61.4 Å². The molecule has 11 heteroatoms. The number of likely N-dealkylation sites (tertiary alicyclic amines) is 1. The van der Waals surface area contributed by atoms with E-state index in [9.17, 15) is 14.4 Å². The molecule has 0 radical (unpaired) electrons. The molecule has 4 aliphatic rings. The quantitative estimate of drug-likeness (QED) is 0.468. The average molecular weight is 621 g/mol. The van der Waals surface area contributed by atoms with Crippen molar-refractivity contribution in [3.63, 3.8) is 0 Å². The van der Waals surface area contributed by atoms with Crippen molar-refractivity contribution in [1.29, 1.82) is 0 Å². The second-order valence-electron chi connectivity index (χ2n) is 12.6. The van der Waals surface area contributed by atoms with Crippen LogP contribution in [0, 0.1) is 5.92 Å². The van der Waals surface area contributed by atoms with Crippen LogP contribution in [0.25, 0.3) is 0 Å². The molecule has 2 atom stereocenters. The van der Waals surface area contributed by atoms with Crippen molar-refractivity contribution in [2.24, 2.45) is 5.92 Å². The van der Waals surface area contributed by atoms with E-state index in [1.807, 2.05) is 45.2 Å². The van der Waals surface area contributed by atoms with Crippen molar-refractivity contribution in [1.82, 2.24) is 19.7 Å². The molecule has 236 valence electrons. The molecule has 4 aliphatic heterocycles. The Morgan fingerprint density at radius 2 is 1.82 bits per heavy atom. The molecule has 0 aliphatic carbocycles. The maximum atomic E-state index is 13.9. The van der Waals surface area contributed by atoms with Crippen LogP contribution in [0.15, 0.2) is 42.6 Å². The summed E-state index contributed by atoms with van der Waals surface area (Å²) in [5.74, 6) is 1.43. The molecule has 10 nitrogen and oxygen atoms in total. The number of rotatable bonds is 8. The highest BCUT2D eigenvalue weighted by molar-refractivity contribution is 8.01. The number of fused-ring (bicyclic) bond motifs is 1. The summed E-state index contributed by atoms with van der Waals surface area (Å²) in [6.07, 6.45) is 5.20. The molecule has 4 amide bonds. The topological polar surface area (TPSA) is 98.3 Å². The molecule has 2 aromatic rings. The van der Waals surface area contributed by atoms with Crippen LogP contribution >= 0.6 is 11.8 Å². The van der Waals surface area contributed by atoms with Gasteiger partial charge in [-0.25, -0.2) is 9.78 Å². The number of nitrogens with zero attached hydrogens (tertiary/aromatic N) is 5. The van der Waals surface area contributed by atoms with Gasteiger partial charge in [-0.2, -0.15) is 0 Å². The lowest BCUT2D eigenvalue weighted by atomic mass is 10.0. The van der Waals surface area contributed by atoms with E-state index in [1.165, 1.54) is 0 Å². The Hall–Kier alpha value is -3.31. The van der Waals surface area contributed by atoms with Crippen LogP contribution in [0.5, 0.6) is 0 Å². The number of thioether (sulfide) groups is 1. The molecular weight excluding hydrogens is 576 g/mol. The van der Waals surface area contributed by atoms with Crippen molar-refractivity contribution >= 4 is 41.1 Å². The summed E-state index contributed by atoms with van der Waals surface area (Å²) in [5, 5.41) is 2.46. The van der Waals surface area contributed by atoms with E-state index >= 15 is 0 Å². The molecule has 6 rings (SSSR count). The van der Waals surface area contributed by atoms with Gasteiger partial charge in [-0.05, 0) is 49.3 Å². The molecule has 3 fully saturated rings. The molecular formula is C33H44N6O4S. The summed E-state index contributed by atoms with van der Waals surface area (Å²) in [4.78, 5) is 53.3. The van der Waals surface area contributed by atoms with Crippen LogP contribution in [0.2, 0.25) is 0 Å². The monoisotopic (exact) mass is 620 g/mol. The van der Waals surface area contributed by atoms with Crippen LogP contribution in [0.4, 0.5) is 16.3 Å². The molecule has 0 spiro atoms. The lowest BCUT2D eigenvalue weighted by Crippen LogP contribution is -2.50. The number of hydrogen-bond acceptors (Lipinski definition) is 7. The number of urea groups is 1. The summed E-state index contributed by atoms with van der Waals surface area (Å²) in [7, 11) is 0. The minimum absolute atomic E-state index is 0.0195. The molecule has 5 heterocycles. The molecule has 44 heavy (non-hydrogen) atoms. The Morgan fingerprint density at radius 3 is 2.59 bits per heavy atom. The molecule has 1 aromatic carbocycles. The van der Waals surface area contributed by atoms with Crippen LogP contribution in [-0.2, 0) is 20.7 Å². The second kappa shape index (κ2) is 13.8. The molecule has 1 aromatic heterocycles. The molecule has 0 bridgehead atoms. The van der Waals surface area contributed by atoms with Crippen molar-refractivity contribution in [2.75, 3.05) is 62.7 Å². The number of morpholine rings is 1. The van der Waals surface area contributed by atoms with Gasteiger partial charge in [0.2, 0.25) is 11.8 Å². The number of hydrogen-bond donors (Lipinski definition) is 1. The minimum atomic E-state index is -0.426. The Kier molecular flexibility index (Phi) is 9.61. The predicted octanol–water partition coefficient (Wildman–Crippen LogP) is 4.38. The number of benzene rings is 1. The normalized spacial score (nSPS) is 23.2. The second-order valence-corrected chi connectivity index (χ2v) is 13.8. The van der Waals surface area contributed by atoms with Crippen molar-refractivity contribution in [2.45, 2.75) is 62.6 Å². The summed E-state index contributed by atoms with van der Waals surface area (Å²) < 4.78 is 5.57. The smallest absolute Gasteiger partial charge is 0.322 e. The van der Waals surface area contributed by atoms with E-state index in [4.69, 9.17) is 9.72 Å². The van der Waals surface area contributed by atoms with Crippen LogP contribution < -0.4 is 10.2 Å². The molecule has 2 unspecified atom stereocenters. The number of ether oxygens (including phenoxy) is 1. The molecule has 1 N–H and O–H groups in total. The first-order valence-electron chi connectivity index (χ1n) is 16.1. The van der Waals surface area contributed by atoms with Gasteiger partial charge in [0, 0.05) is 69.2 Å². The summed E-state index contributed by atoms with van der Waals surface area (Å²) in [6.45, 7) is 9.71. The van der Waals surface area contributed by atoms with Gasteiger partial charge in [0.1, 0.15) is 11.2 Å². The number of pyridine rings is 1. The number of amides is 4. The van der Waals surface area contributed by atoms with E-state index in [-0.39, 0.29) is 35.7 Å². The lowest BCUT2D eigenvalue weighted by molar-refractivity contribution is -0.136. The Labute approximate surface area is 264 Å². The Morgan fingerprint density at radius 1 is 1.05 bits per heavy atom. The zero-order valence-electron chi connectivity index (χ0n) is 25.8. The van der Waals surface area contributed by atoms with Gasteiger partial charge in [0.05, 0.1) is 18.5 Å². The van der Waals surface area contributed by atoms with Crippen LogP contribution in [0.1, 0.15) is 56.0 Å². The number of piperidine rings is 1. The van der Waals surface area contributed by atoms with Crippen LogP contribution in [0.3, 0.4) is 0 Å². The first kappa shape index (κ1) is 30.7. The fourth-order valence-electron chi connectivity index (χ4n) is 6.68. The fourth-order valence-corrected chi connectivity index (χ4v) is 8.17. The minimum Gasteiger partial charge on any atom is -0.378 e. The summed E-state index contributed by atoms with van der Waals surface area (Å²) >= 11 is 1.59. The third-order valence-corrected chi connectivity index (χ3v) is 10.7. The number of carbonyl (C=O) groups is 3. The maximum Gasteiger partial charge on any atom is 0.322 e. The third-order valence-electron chi connectivity index (χ3n) is 9.24. The van der Waals surface area contributed by atoms with Gasteiger partial charge in [0.25, 0.3) is 0 Å². The third kappa shape index (κ3) is 6.68. The first-order chi connectivity index (χ1) is 21.4. The van der Waals surface area contributed by atoms with Crippen molar-refractivity contribution < 1.29 is 19.1 Å². The first-order valence-corrected chi connectivity index (χ1v) is 17.0. The van der Waals surface area contributed by atoms with Gasteiger partial charge in [-0.15, -0.1) is 11.8 Å². The van der Waals surface area contributed by atoms with Crippen molar-refractivity contribution in [3.8, 4) is 0 Å². The number of nitrogens with one attached hydrogen (secondary N) is 1. The zero-order valence-corrected chi connectivity index (χ0v) is 26.6. The number of para-hydroxylation sites is 1. The zero-order chi connectivity index (χ0) is 30.6. The average Bonchev–Trinajstić information content (AvgIpc) is 3.24. The largest absolute Gasteiger partial charge is 0.378 e. The highest BCUT2D eigenvalue weighted by Gasteiger charge is 2.44. The van der Waals surface area contributed by atoms with Gasteiger partial charge in [-0.1, -0.05) is 38.1 Å². The van der Waals surface area contributed by atoms with Gasteiger partial charge < -0.3 is 29.7 Å². The van der Waals surface area contributed by atoms with E-state index in [1.54, 1.807) is 11.8 Å². The van der Waals surface area contributed by atoms with E-state index in [0.29, 0.717) is 45.3 Å². The summed E-state index contributed by atoms with van der Waals surface area (Å²) in [6, 6.07) is 12.0. The Bertz CT molecular complexity index is 1340.